The van der Waals surface area contributed by atoms with E-state index in [9.17, 15) is 0 Å². The molecule has 1 saturated carbocycles. The lowest BCUT2D eigenvalue weighted by Gasteiger charge is -2.28. The summed E-state index contributed by atoms with van der Waals surface area (Å²) in [7, 11) is 0. The highest BCUT2D eigenvalue weighted by atomic mass is 79.9. The minimum atomic E-state index is 0.573. The van der Waals surface area contributed by atoms with E-state index in [0.29, 0.717) is 6.04 Å². The zero-order valence-corrected chi connectivity index (χ0v) is 10.2. The smallest absolute Gasteiger partial charge is 0.0445 e. The van der Waals surface area contributed by atoms with E-state index in [0.717, 1.165) is 23.0 Å². The summed E-state index contributed by atoms with van der Waals surface area (Å²) < 4.78 is 1.15. The molecule has 3 heteroatoms. The van der Waals surface area contributed by atoms with E-state index < -0.39 is 0 Å². The van der Waals surface area contributed by atoms with Gasteiger partial charge in [-0.2, -0.15) is 0 Å². The number of nitrogens with zero attached hydrogens (tertiary/aromatic N) is 1. The molecule has 80 valence electrons. The van der Waals surface area contributed by atoms with Crippen LogP contribution in [0.15, 0.2) is 28.7 Å². The van der Waals surface area contributed by atoms with Crippen LogP contribution in [0.1, 0.15) is 12.8 Å². The van der Waals surface area contributed by atoms with Crippen LogP contribution in [0.2, 0.25) is 0 Å². The Kier molecular flexibility index (Phi) is 2.25. The van der Waals surface area contributed by atoms with Crippen LogP contribution in [-0.2, 0) is 0 Å². The SMILES string of the molecule is NCC1C2CC(C2)N1c1cccc(Br)c1. The molecule has 1 unspecified atom stereocenters. The first-order chi connectivity index (χ1) is 7.29. The van der Waals surface area contributed by atoms with Crippen LogP contribution < -0.4 is 10.6 Å². The summed E-state index contributed by atoms with van der Waals surface area (Å²) in [5.41, 5.74) is 7.19. The summed E-state index contributed by atoms with van der Waals surface area (Å²) in [6.07, 6.45) is 2.68. The average Bonchev–Trinajstić information content (AvgIpc) is 2.69. The maximum atomic E-state index is 5.86. The van der Waals surface area contributed by atoms with E-state index in [-0.39, 0.29) is 0 Å². The van der Waals surface area contributed by atoms with E-state index in [2.05, 4.69) is 45.1 Å². The Morgan fingerprint density at radius 2 is 2.20 bits per heavy atom. The Balaban J connectivity index is 1.93. The molecule has 2 bridgehead atoms. The lowest BCUT2D eigenvalue weighted by atomic mass is 9.83. The predicted molar refractivity (Wildman–Crippen MR) is 66.0 cm³/mol. The first-order valence-corrected chi connectivity index (χ1v) is 6.33. The molecule has 15 heavy (non-hydrogen) atoms. The van der Waals surface area contributed by atoms with Crippen molar-refractivity contribution in [1.29, 1.82) is 0 Å². The Hall–Kier alpha value is -0.540. The van der Waals surface area contributed by atoms with Gasteiger partial charge < -0.3 is 10.6 Å². The third-order valence-electron chi connectivity index (χ3n) is 3.79. The minimum absolute atomic E-state index is 0.573. The van der Waals surface area contributed by atoms with Crippen molar-refractivity contribution in [2.75, 3.05) is 11.4 Å². The normalized spacial score (nSPS) is 32.9. The fraction of sp³-hybridized carbons (Fsp3) is 0.500. The molecular formula is C12H15BrN2. The second-order valence-corrected chi connectivity index (χ2v) is 5.49. The topological polar surface area (TPSA) is 29.3 Å². The highest BCUT2D eigenvalue weighted by Gasteiger charge is 2.49. The summed E-state index contributed by atoms with van der Waals surface area (Å²) >= 11 is 3.53. The van der Waals surface area contributed by atoms with Gasteiger partial charge in [0.2, 0.25) is 0 Å². The van der Waals surface area contributed by atoms with Crippen LogP contribution in [-0.4, -0.2) is 18.6 Å². The van der Waals surface area contributed by atoms with Gasteiger partial charge in [0.25, 0.3) is 0 Å². The number of hydrogen-bond donors (Lipinski definition) is 1. The highest BCUT2D eigenvalue weighted by Crippen LogP contribution is 2.47. The van der Waals surface area contributed by atoms with E-state index >= 15 is 0 Å². The number of hydrogen-bond acceptors (Lipinski definition) is 2. The van der Waals surface area contributed by atoms with E-state index in [1.807, 2.05) is 0 Å². The summed E-state index contributed by atoms with van der Waals surface area (Å²) in [6.45, 7) is 0.785. The molecule has 4 rings (SSSR count). The summed E-state index contributed by atoms with van der Waals surface area (Å²) in [5.74, 6) is 0.846. The summed E-state index contributed by atoms with van der Waals surface area (Å²) in [6, 6.07) is 9.88. The highest BCUT2D eigenvalue weighted by molar-refractivity contribution is 9.10. The van der Waals surface area contributed by atoms with Gasteiger partial charge >= 0.3 is 0 Å². The van der Waals surface area contributed by atoms with Crippen molar-refractivity contribution in [3.63, 3.8) is 0 Å². The lowest BCUT2D eigenvalue weighted by Crippen LogP contribution is -2.36. The van der Waals surface area contributed by atoms with Crippen molar-refractivity contribution in [1.82, 2.24) is 0 Å². The monoisotopic (exact) mass is 266 g/mol. The van der Waals surface area contributed by atoms with Crippen LogP contribution in [0.4, 0.5) is 5.69 Å². The van der Waals surface area contributed by atoms with Crippen molar-refractivity contribution in [2.45, 2.75) is 24.9 Å². The van der Waals surface area contributed by atoms with Crippen molar-refractivity contribution in [2.24, 2.45) is 11.7 Å². The fourth-order valence-electron chi connectivity index (χ4n) is 3.01. The van der Waals surface area contributed by atoms with E-state index in [1.165, 1.54) is 18.5 Å². The molecule has 1 aromatic carbocycles. The first kappa shape index (κ1) is 9.67. The van der Waals surface area contributed by atoms with Crippen LogP contribution in [0.5, 0.6) is 0 Å². The number of nitrogens with two attached hydrogens (primary N) is 1. The molecule has 1 atom stereocenters. The number of rotatable bonds is 2. The number of fused-ring (bicyclic) bond motifs is 1. The van der Waals surface area contributed by atoms with E-state index in [1.54, 1.807) is 0 Å². The zero-order chi connectivity index (χ0) is 10.4. The van der Waals surface area contributed by atoms with Crippen molar-refractivity contribution in [3.8, 4) is 0 Å². The molecule has 0 radical (unpaired) electrons. The predicted octanol–water partition coefficient (Wildman–Crippen LogP) is 2.38. The lowest BCUT2D eigenvalue weighted by molar-refractivity contribution is 0.354. The second kappa shape index (κ2) is 3.49. The standard InChI is InChI=1S/C12H15BrN2/c13-9-2-1-3-10(6-9)15-11-4-8(5-11)12(15)7-14/h1-3,6,8,11-12H,4-5,7,14H2. The summed E-state index contributed by atoms with van der Waals surface area (Å²) in [4.78, 5) is 2.52. The second-order valence-electron chi connectivity index (χ2n) is 4.58. The van der Waals surface area contributed by atoms with Crippen molar-refractivity contribution >= 4 is 21.6 Å². The Labute approximate surface area is 98.6 Å². The van der Waals surface area contributed by atoms with Gasteiger partial charge in [0, 0.05) is 28.8 Å². The van der Waals surface area contributed by atoms with Crippen LogP contribution in [0.3, 0.4) is 0 Å². The van der Waals surface area contributed by atoms with Gasteiger partial charge in [-0.1, -0.05) is 22.0 Å². The van der Waals surface area contributed by atoms with Gasteiger partial charge in [-0.25, -0.2) is 0 Å². The molecule has 2 nitrogen and oxygen atoms in total. The van der Waals surface area contributed by atoms with Gasteiger partial charge in [0.15, 0.2) is 0 Å². The molecule has 3 aliphatic rings. The molecule has 0 amide bonds. The fourth-order valence-corrected chi connectivity index (χ4v) is 3.40. The molecule has 2 saturated heterocycles. The molecule has 0 aromatic heterocycles. The molecule has 3 fully saturated rings. The number of halogens is 1. The van der Waals surface area contributed by atoms with Gasteiger partial charge in [-0.05, 0) is 37.0 Å². The maximum absolute atomic E-state index is 5.86. The largest absolute Gasteiger partial charge is 0.364 e. The molecule has 2 N–H and O–H groups in total. The number of benzene rings is 1. The van der Waals surface area contributed by atoms with Gasteiger partial charge in [0.05, 0.1) is 0 Å². The minimum Gasteiger partial charge on any atom is -0.364 e. The Morgan fingerprint density at radius 3 is 2.87 bits per heavy atom. The van der Waals surface area contributed by atoms with Gasteiger partial charge in [0.1, 0.15) is 0 Å². The van der Waals surface area contributed by atoms with Gasteiger partial charge in [-0.3, -0.25) is 0 Å². The Bertz CT molecular complexity index is 374. The molecular weight excluding hydrogens is 252 g/mol. The quantitative estimate of drug-likeness (QED) is 0.891. The third-order valence-corrected chi connectivity index (χ3v) is 4.29. The molecule has 0 spiro atoms. The van der Waals surface area contributed by atoms with E-state index in [4.69, 9.17) is 5.73 Å². The van der Waals surface area contributed by atoms with Crippen molar-refractivity contribution in [3.05, 3.63) is 28.7 Å². The zero-order valence-electron chi connectivity index (χ0n) is 8.57. The molecule has 2 heterocycles. The first-order valence-electron chi connectivity index (χ1n) is 5.53. The molecule has 1 aromatic rings. The maximum Gasteiger partial charge on any atom is 0.0445 e. The summed E-state index contributed by atoms with van der Waals surface area (Å²) in [5, 5.41) is 0. The van der Waals surface area contributed by atoms with Crippen LogP contribution in [0, 0.1) is 5.92 Å². The average molecular weight is 267 g/mol. The molecule has 1 aliphatic carbocycles. The Morgan fingerprint density at radius 1 is 1.40 bits per heavy atom. The van der Waals surface area contributed by atoms with Crippen LogP contribution in [0.25, 0.3) is 0 Å². The van der Waals surface area contributed by atoms with Gasteiger partial charge in [-0.15, -0.1) is 0 Å². The molecule has 2 aliphatic heterocycles. The third kappa shape index (κ3) is 1.41. The van der Waals surface area contributed by atoms with Crippen LogP contribution >= 0.6 is 15.9 Å². The van der Waals surface area contributed by atoms with Crippen molar-refractivity contribution < 1.29 is 0 Å². The number of anilines is 1.